The fourth-order valence-electron chi connectivity index (χ4n) is 3.28. The van der Waals surface area contributed by atoms with Gasteiger partial charge in [-0.1, -0.05) is 42.2 Å². The number of carboxylic acids is 1. The van der Waals surface area contributed by atoms with Gasteiger partial charge in [-0.25, -0.2) is 0 Å². The van der Waals surface area contributed by atoms with E-state index in [1.807, 2.05) is 48.5 Å². The van der Waals surface area contributed by atoms with E-state index < -0.39 is 5.97 Å². The molecule has 3 rings (SSSR count). The maximum Gasteiger partial charge on any atom is 0.303 e. The summed E-state index contributed by atoms with van der Waals surface area (Å²) in [5.74, 6) is 5.15. The fourth-order valence-corrected chi connectivity index (χ4v) is 3.28. The second-order valence-corrected chi connectivity index (χ2v) is 7.10. The lowest BCUT2D eigenvalue weighted by atomic mass is 10.0. The number of aliphatic carboxylic acids is 1. The second kappa shape index (κ2) is 10.3. The van der Waals surface area contributed by atoms with E-state index in [4.69, 9.17) is 5.11 Å². The monoisotopic (exact) mass is 404 g/mol. The summed E-state index contributed by atoms with van der Waals surface area (Å²) in [6.07, 6.45) is 1.38. The molecule has 6 nitrogen and oxygen atoms in total. The molecule has 0 spiro atoms. The molecule has 30 heavy (non-hydrogen) atoms. The number of nitrogens with one attached hydrogen (secondary N) is 1. The zero-order valence-electron chi connectivity index (χ0n) is 16.7. The summed E-state index contributed by atoms with van der Waals surface area (Å²) in [7, 11) is 0. The van der Waals surface area contributed by atoms with Crippen molar-refractivity contribution in [3.63, 3.8) is 0 Å². The van der Waals surface area contributed by atoms with Crippen molar-refractivity contribution in [2.75, 3.05) is 11.4 Å². The first-order valence-corrected chi connectivity index (χ1v) is 10.0. The Bertz CT molecular complexity index is 1000. The Morgan fingerprint density at radius 1 is 0.900 bits per heavy atom. The number of carbonyl (C=O) groups excluding carboxylic acids is 2. The molecule has 1 heterocycles. The molecule has 0 unspecified atom stereocenters. The first-order chi connectivity index (χ1) is 14.5. The molecular weight excluding hydrogens is 380 g/mol. The smallest absolute Gasteiger partial charge is 0.303 e. The number of hydrogen-bond acceptors (Lipinski definition) is 3. The molecule has 2 amide bonds. The first-order valence-electron chi connectivity index (χ1n) is 10.0. The van der Waals surface area contributed by atoms with Crippen LogP contribution in [-0.2, 0) is 20.9 Å². The molecule has 0 bridgehead atoms. The minimum absolute atomic E-state index is 0.0871. The molecule has 2 N–H and O–H groups in total. The number of carboxylic acid groups (broad SMARTS) is 1. The van der Waals surface area contributed by atoms with Gasteiger partial charge >= 0.3 is 5.97 Å². The summed E-state index contributed by atoms with van der Waals surface area (Å²) in [5, 5.41) is 11.4. The molecule has 0 fully saturated rings. The third-order valence-corrected chi connectivity index (χ3v) is 4.88. The highest BCUT2D eigenvalue weighted by Gasteiger charge is 2.21. The highest BCUT2D eigenvalue weighted by molar-refractivity contribution is 5.96. The lowest BCUT2D eigenvalue weighted by molar-refractivity contribution is -0.137. The summed E-state index contributed by atoms with van der Waals surface area (Å²) in [6, 6.07) is 15.3. The van der Waals surface area contributed by atoms with Crippen LogP contribution in [-0.4, -0.2) is 29.4 Å². The lowest BCUT2D eigenvalue weighted by Crippen LogP contribution is -2.33. The Hall–Kier alpha value is -3.59. The minimum Gasteiger partial charge on any atom is -0.481 e. The molecule has 0 radical (unpaired) electrons. The molecule has 0 saturated carbocycles. The van der Waals surface area contributed by atoms with Crippen molar-refractivity contribution in [2.45, 2.75) is 38.6 Å². The van der Waals surface area contributed by atoms with Crippen LogP contribution < -0.4 is 10.2 Å². The van der Waals surface area contributed by atoms with E-state index in [-0.39, 0.29) is 31.1 Å². The van der Waals surface area contributed by atoms with Crippen LogP contribution in [0.4, 0.5) is 5.69 Å². The zero-order chi connectivity index (χ0) is 21.3. The Morgan fingerprint density at radius 2 is 1.60 bits per heavy atom. The number of anilines is 1. The van der Waals surface area contributed by atoms with Gasteiger partial charge in [0, 0.05) is 36.9 Å². The van der Waals surface area contributed by atoms with Crippen molar-refractivity contribution in [1.29, 1.82) is 0 Å². The van der Waals surface area contributed by atoms with Crippen LogP contribution in [0.3, 0.4) is 0 Å². The van der Waals surface area contributed by atoms with Crippen LogP contribution >= 0.6 is 0 Å². The molecule has 0 aliphatic carbocycles. The maximum atomic E-state index is 13.0. The Labute approximate surface area is 175 Å². The number of benzene rings is 2. The van der Waals surface area contributed by atoms with Gasteiger partial charge in [0.15, 0.2) is 0 Å². The molecule has 0 saturated heterocycles. The standard InChI is InChI=1S/C24H24N2O4/c27-22(25-16-6-5-11-24(29)30)14-15-23(28)26-17-20-9-2-1-7-18(20)12-13-19-8-3-4-10-21(19)26/h1-4,7-10H,5-6,11,14-17H2,(H,25,27)(H,29,30). The molecule has 1 aliphatic rings. The van der Waals surface area contributed by atoms with E-state index in [0.717, 1.165) is 22.4 Å². The molecule has 6 heteroatoms. The van der Waals surface area contributed by atoms with Crippen molar-refractivity contribution < 1.29 is 19.5 Å². The summed E-state index contributed by atoms with van der Waals surface area (Å²) >= 11 is 0. The van der Waals surface area contributed by atoms with Crippen molar-refractivity contribution in [1.82, 2.24) is 5.32 Å². The summed E-state index contributed by atoms with van der Waals surface area (Å²) < 4.78 is 0. The maximum absolute atomic E-state index is 13.0. The average molecular weight is 404 g/mol. The molecule has 2 aromatic carbocycles. The minimum atomic E-state index is -0.841. The average Bonchev–Trinajstić information content (AvgIpc) is 2.73. The number of amides is 2. The Kier molecular flexibility index (Phi) is 7.23. The quantitative estimate of drug-likeness (QED) is 0.523. The van der Waals surface area contributed by atoms with E-state index in [1.54, 1.807) is 4.90 Å². The summed E-state index contributed by atoms with van der Waals surface area (Å²) in [5.41, 5.74) is 3.39. The van der Waals surface area contributed by atoms with Crippen molar-refractivity contribution in [3.05, 3.63) is 65.2 Å². The van der Waals surface area contributed by atoms with E-state index in [0.29, 0.717) is 25.9 Å². The number of rotatable bonds is 8. The highest BCUT2D eigenvalue weighted by Crippen LogP contribution is 2.26. The van der Waals surface area contributed by atoms with Crippen LogP contribution in [0.15, 0.2) is 48.5 Å². The van der Waals surface area contributed by atoms with E-state index in [2.05, 4.69) is 17.2 Å². The van der Waals surface area contributed by atoms with Gasteiger partial charge in [0.2, 0.25) is 11.8 Å². The fraction of sp³-hybridized carbons (Fsp3) is 0.292. The number of para-hydroxylation sites is 1. The highest BCUT2D eigenvalue weighted by atomic mass is 16.4. The zero-order valence-corrected chi connectivity index (χ0v) is 16.7. The number of hydrogen-bond donors (Lipinski definition) is 2. The number of carbonyl (C=O) groups is 3. The molecule has 0 aromatic heterocycles. The van der Waals surface area contributed by atoms with Gasteiger partial charge in [-0.05, 0) is 36.6 Å². The normalized spacial score (nSPS) is 11.8. The van der Waals surface area contributed by atoms with Crippen LogP contribution in [0.1, 0.15) is 48.8 Å². The molecular formula is C24H24N2O4. The largest absolute Gasteiger partial charge is 0.481 e. The van der Waals surface area contributed by atoms with Crippen molar-refractivity contribution in [2.24, 2.45) is 0 Å². The van der Waals surface area contributed by atoms with E-state index in [1.165, 1.54) is 0 Å². The second-order valence-electron chi connectivity index (χ2n) is 7.10. The van der Waals surface area contributed by atoms with Gasteiger partial charge in [-0.15, -0.1) is 0 Å². The van der Waals surface area contributed by atoms with Gasteiger partial charge in [0.05, 0.1) is 12.2 Å². The SMILES string of the molecule is O=C(O)CCCCNC(=O)CCC(=O)N1Cc2ccccc2C#Cc2ccccc21. The molecule has 1 aliphatic heterocycles. The van der Waals surface area contributed by atoms with Crippen molar-refractivity contribution in [3.8, 4) is 11.8 Å². The van der Waals surface area contributed by atoms with Crippen LogP contribution in [0, 0.1) is 11.8 Å². The predicted octanol–water partition coefficient (Wildman–Crippen LogP) is 3.08. The van der Waals surface area contributed by atoms with Crippen LogP contribution in [0.25, 0.3) is 0 Å². The summed E-state index contributed by atoms with van der Waals surface area (Å²) in [6.45, 7) is 0.813. The van der Waals surface area contributed by atoms with Gasteiger partial charge in [-0.2, -0.15) is 0 Å². The van der Waals surface area contributed by atoms with Crippen LogP contribution in [0.2, 0.25) is 0 Å². The Morgan fingerprint density at radius 3 is 2.40 bits per heavy atom. The van der Waals surface area contributed by atoms with E-state index in [9.17, 15) is 14.4 Å². The number of unbranched alkanes of at least 4 members (excludes halogenated alkanes) is 1. The third kappa shape index (κ3) is 5.71. The molecule has 154 valence electrons. The third-order valence-electron chi connectivity index (χ3n) is 4.88. The topological polar surface area (TPSA) is 86.7 Å². The van der Waals surface area contributed by atoms with Gasteiger partial charge in [0.1, 0.15) is 0 Å². The predicted molar refractivity (Wildman–Crippen MR) is 114 cm³/mol. The number of fused-ring (bicyclic) bond motifs is 2. The molecule has 2 aromatic rings. The van der Waals surface area contributed by atoms with E-state index >= 15 is 0 Å². The molecule has 0 atom stereocenters. The van der Waals surface area contributed by atoms with Crippen LogP contribution in [0.5, 0.6) is 0 Å². The lowest BCUT2D eigenvalue weighted by Gasteiger charge is -2.26. The van der Waals surface area contributed by atoms with Crippen molar-refractivity contribution >= 4 is 23.5 Å². The van der Waals surface area contributed by atoms with Gasteiger partial charge in [-0.3, -0.25) is 14.4 Å². The Balaban J connectivity index is 1.63. The van der Waals surface area contributed by atoms with Gasteiger partial charge < -0.3 is 15.3 Å². The van der Waals surface area contributed by atoms with Gasteiger partial charge in [0.25, 0.3) is 0 Å². The number of nitrogens with zero attached hydrogens (tertiary/aromatic N) is 1. The first kappa shape index (κ1) is 21.1. The summed E-state index contributed by atoms with van der Waals surface area (Å²) in [4.78, 5) is 37.3.